The van der Waals surface area contributed by atoms with Crippen molar-refractivity contribution in [3.63, 3.8) is 0 Å². The summed E-state index contributed by atoms with van der Waals surface area (Å²) in [5.41, 5.74) is 2.30. The van der Waals surface area contributed by atoms with Crippen LogP contribution < -0.4 is 5.32 Å². The molecule has 0 bridgehead atoms. The van der Waals surface area contributed by atoms with Gasteiger partial charge in [-0.25, -0.2) is 4.79 Å². The number of nitriles is 1. The number of benzene rings is 2. The molecule has 1 aliphatic heterocycles. The van der Waals surface area contributed by atoms with Crippen molar-refractivity contribution in [1.82, 2.24) is 10.2 Å². The maximum atomic E-state index is 12.7. The van der Waals surface area contributed by atoms with Crippen LogP contribution in [-0.4, -0.2) is 24.0 Å². The summed E-state index contributed by atoms with van der Waals surface area (Å²) in [6, 6.07) is 22.5. The van der Waals surface area contributed by atoms with Crippen molar-refractivity contribution in [1.29, 1.82) is 5.26 Å². The molecule has 1 aliphatic rings. The van der Waals surface area contributed by atoms with E-state index in [0.717, 1.165) is 24.8 Å². The third-order valence-electron chi connectivity index (χ3n) is 4.75. The number of carbonyl (C=O) groups is 1. The third kappa shape index (κ3) is 4.60. The van der Waals surface area contributed by atoms with Gasteiger partial charge in [-0.2, -0.15) is 5.26 Å². The van der Waals surface area contributed by atoms with E-state index in [2.05, 4.69) is 35.7 Å². The van der Waals surface area contributed by atoms with Crippen LogP contribution in [-0.2, 0) is 6.42 Å². The van der Waals surface area contributed by atoms with E-state index >= 15 is 0 Å². The molecule has 0 saturated carbocycles. The Balaban J connectivity index is 1.69. The first-order valence-corrected chi connectivity index (χ1v) is 8.80. The molecule has 0 aromatic heterocycles. The van der Waals surface area contributed by atoms with Crippen molar-refractivity contribution in [3.05, 3.63) is 71.8 Å². The highest BCUT2D eigenvalue weighted by Crippen LogP contribution is 2.21. The summed E-state index contributed by atoms with van der Waals surface area (Å²) in [6.45, 7) is 1.30. The van der Waals surface area contributed by atoms with E-state index in [1.165, 1.54) is 5.56 Å². The largest absolute Gasteiger partial charge is 0.331 e. The highest BCUT2D eigenvalue weighted by Gasteiger charge is 2.24. The Morgan fingerprint density at radius 3 is 2.28 bits per heavy atom. The Kier molecular flexibility index (Phi) is 5.69. The molecule has 1 atom stereocenters. The maximum absolute atomic E-state index is 12.7. The Hall–Kier alpha value is -2.80. The van der Waals surface area contributed by atoms with Crippen molar-refractivity contribution in [2.45, 2.75) is 25.3 Å². The van der Waals surface area contributed by atoms with E-state index in [-0.39, 0.29) is 18.0 Å². The summed E-state index contributed by atoms with van der Waals surface area (Å²) in [5, 5.41) is 12.2. The quantitative estimate of drug-likeness (QED) is 0.922. The summed E-state index contributed by atoms with van der Waals surface area (Å²) < 4.78 is 0. The highest BCUT2D eigenvalue weighted by atomic mass is 16.2. The molecule has 0 radical (unpaired) electrons. The van der Waals surface area contributed by atoms with Crippen LogP contribution in [0.1, 0.15) is 30.0 Å². The minimum atomic E-state index is -0.0650. The van der Waals surface area contributed by atoms with Crippen LogP contribution in [0.3, 0.4) is 0 Å². The number of urea groups is 1. The lowest BCUT2D eigenvalue weighted by molar-refractivity contribution is 0.175. The Morgan fingerprint density at radius 2 is 1.68 bits per heavy atom. The van der Waals surface area contributed by atoms with Crippen molar-refractivity contribution in [3.8, 4) is 6.07 Å². The molecular weight excluding hydrogens is 310 g/mol. The zero-order valence-corrected chi connectivity index (χ0v) is 14.3. The van der Waals surface area contributed by atoms with Gasteiger partial charge in [0.1, 0.15) is 0 Å². The van der Waals surface area contributed by atoms with Gasteiger partial charge in [-0.15, -0.1) is 0 Å². The summed E-state index contributed by atoms with van der Waals surface area (Å²) in [4.78, 5) is 14.5. The number of likely N-dealkylation sites (tertiary alicyclic amines) is 1. The summed E-state index contributed by atoms with van der Waals surface area (Å²) in [5.74, 6) is 0.0817. The predicted molar refractivity (Wildman–Crippen MR) is 97.8 cm³/mol. The second-order valence-corrected chi connectivity index (χ2v) is 6.49. The van der Waals surface area contributed by atoms with Crippen LogP contribution in [0.15, 0.2) is 60.7 Å². The lowest BCUT2D eigenvalue weighted by Crippen LogP contribution is -2.45. The van der Waals surface area contributed by atoms with Gasteiger partial charge in [0, 0.05) is 19.0 Å². The van der Waals surface area contributed by atoms with Gasteiger partial charge in [-0.3, -0.25) is 0 Å². The van der Waals surface area contributed by atoms with E-state index < -0.39 is 0 Å². The Morgan fingerprint density at radius 1 is 1.08 bits per heavy atom. The molecule has 1 N–H and O–H groups in total. The molecule has 2 amide bonds. The fraction of sp³-hybridized carbons (Fsp3) is 0.333. The van der Waals surface area contributed by atoms with Gasteiger partial charge in [-0.05, 0) is 30.4 Å². The average molecular weight is 333 g/mol. The van der Waals surface area contributed by atoms with E-state index in [4.69, 9.17) is 5.26 Å². The molecule has 4 nitrogen and oxygen atoms in total. The van der Waals surface area contributed by atoms with Gasteiger partial charge in [0.2, 0.25) is 0 Å². The summed E-state index contributed by atoms with van der Waals surface area (Å²) in [6.07, 6.45) is 2.28. The standard InChI is InChI=1S/C21H23N3O/c22-16-18-11-13-24(14-12-18)21(25)23-20(19-9-5-2-6-10-19)15-17-7-3-1-4-8-17/h1-10,18,20H,11-15H2,(H,23,25). The molecule has 1 unspecified atom stereocenters. The number of carbonyl (C=O) groups excluding carboxylic acids is 1. The number of nitrogens with one attached hydrogen (secondary N) is 1. The van der Waals surface area contributed by atoms with Gasteiger partial charge in [0.25, 0.3) is 0 Å². The van der Waals surface area contributed by atoms with Crippen molar-refractivity contribution in [2.24, 2.45) is 5.92 Å². The SMILES string of the molecule is N#CC1CCN(C(=O)NC(Cc2ccccc2)c2ccccc2)CC1. The molecule has 1 heterocycles. The molecule has 25 heavy (non-hydrogen) atoms. The lowest BCUT2D eigenvalue weighted by atomic mass is 9.98. The van der Waals surface area contributed by atoms with E-state index in [1.807, 2.05) is 41.3 Å². The van der Waals surface area contributed by atoms with Crippen LogP contribution in [0.5, 0.6) is 0 Å². The van der Waals surface area contributed by atoms with Gasteiger partial charge in [-0.1, -0.05) is 60.7 Å². The second-order valence-electron chi connectivity index (χ2n) is 6.49. The first kappa shape index (κ1) is 17.0. The fourth-order valence-corrected chi connectivity index (χ4v) is 3.24. The lowest BCUT2D eigenvalue weighted by Gasteiger charge is -2.31. The molecule has 4 heteroatoms. The van der Waals surface area contributed by atoms with Crippen LogP contribution in [0.2, 0.25) is 0 Å². The van der Waals surface area contributed by atoms with Crippen LogP contribution >= 0.6 is 0 Å². The van der Waals surface area contributed by atoms with Crippen molar-refractivity contribution < 1.29 is 4.79 Å². The first-order chi connectivity index (χ1) is 12.3. The number of hydrogen-bond donors (Lipinski definition) is 1. The fourth-order valence-electron chi connectivity index (χ4n) is 3.24. The zero-order valence-electron chi connectivity index (χ0n) is 14.3. The molecule has 2 aromatic carbocycles. The number of amides is 2. The van der Waals surface area contributed by atoms with E-state index in [0.29, 0.717) is 13.1 Å². The predicted octanol–water partition coefficient (Wildman–Crippen LogP) is 3.92. The number of piperidine rings is 1. The van der Waals surface area contributed by atoms with E-state index in [1.54, 1.807) is 0 Å². The summed E-state index contributed by atoms with van der Waals surface area (Å²) in [7, 11) is 0. The molecular formula is C21H23N3O. The molecule has 0 aliphatic carbocycles. The number of rotatable bonds is 4. The summed E-state index contributed by atoms with van der Waals surface area (Å²) >= 11 is 0. The second kappa shape index (κ2) is 8.34. The molecule has 1 saturated heterocycles. The molecule has 0 spiro atoms. The highest BCUT2D eigenvalue weighted by molar-refractivity contribution is 5.75. The first-order valence-electron chi connectivity index (χ1n) is 8.80. The van der Waals surface area contributed by atoms with Gasteiger partial charge < -0.3 is 10.2 Å². The molecule has 2 aromatic rings. The monoisotopic (exact) mass is 333 g/mol. The van der Waals surface area contributed by atoms with Crippen LogP contribution in [0, 0.1) is 17.2 Å². The Labute approximate surface area is 149 Å². The van der Waals surface area contributed by atoms with Crippen molar-refractivity contribution in [2.75, 3.05) is 13.1 Å². The van der Waals surface area contributed by atoms with Gasteiger partial charge in [0.05, 0.1) is 12.1 Å². The average Bonchev–Trinajstić information content (AvgIpc) is 2.69. The third-order valence-corrected chi connectivity index (χ3v) is 4.75. The van der Waals surface area contributed by atoms with Gasteiger partial charge >= 0.3 is 6.03 Å². The van der Waals surface area contributed by atoms with Gasteiger partial charge in [0.15, 0.2) is 0 Å². The maximum Gasteiger partial charge on any atom is 0.317 e. The minimum absolute atomic E-state index is 0.0406. The smallest absolute Gasteiger partial charge is 0.317 e. The number of hydrogen-bond acceptors (Lipinski definition) is 2. The van der Waals surface area contributed by atoms with E-state index in [9.17, 15) is 4.79 Å². The Bertz CT molecular complexity index is 716. The normalized spacial score (nSPS) is 16.0. The molecule has 128 valence electrons. The molecule has 3 rings (SSSR count). The van der Waals surface area contributed by atoms with Crippen molar-refractivity contribution >= 4 is 6.03 Å². The molecule has 1 fully saturated rings. The zero-order chi connectivity index (χ0) is 17.5. The van der Waals surface area contributed by atoms with Crippen LogP contribution in [0.25, 0.3) is 0 Å². The number of nitrogens with zero attached hydrogens (tertiary/aromatic N) is 2. The van der Waals surface area contributed by atoms with Crippen LogP contribution in [0.4, 0.5) is 4.79 Å². The topological polar surface area (TPSA) is 56.1 Å². The minimum Gasteiger partial charge on any atom is -0.331 e.